The molecule has 0 aliphatic carbocycles. The Hall–Kier alpha value is -3.68. The third-order valence-corrected chi connectivity index (χ3v) is 3.72. The van der Waals surface area contributed by atoms with Crippen molar-refractivity contribution in [3.63, 3.8) is 0 Å². The molecule has 0 bridgehead atoms. The van der Waals surface area contributed by atoms with E-state index in [-0.39, 0.29) is 30.4 Å². The number of carbonyl (C=O) groups excluding carboxylic acids is 2. The molecule has 1 heterocycles. The molecule has 3 N–H and O–H groups in total. The van der Waals surface area contributed by atoms with Crippen molar-refractivity contribution in [2.75, 3.05) is 13.1 Å². The van der Waals surface area contributed by atoms with E-state index in [1.807, 2.05) is 0 Å². The predicted octanol–water partition coefficient (Wildman–Crippen LogP) is 1.88. The number of phenols is 1. The third kappa shape index (κ3) is 4.69. The number of phenolic OH excluding ortho intramolecular Hbond substituents is 1. The van der Waals surface area contributed by atoms with Gasteiger partial charge >= 0.3 is 0 Å². The average Bonchev–Trinajstić information content (AvgIpc) is 3.16. The Labute approximate surface area is 154 Å². The fraction of sp³-hybridized carbons (Fsp3) is 0.105. The van der Waals surface area contributed by atoms with Crippen molar-refractivity contribution in [3.8, 4) is 11.4 Å². The van der Waals surface area contributed by atoms with Crippen molar-refractivity contribution in [2.45, 2.75) is 0 Å². The number of hydrogen-bond donors (Lipinski definition) is 3. The molecule has 8 heteroatoms. The van der Waals surface area contributed by atoms with Crippen LogP contribution in [0.3, 0.4) is 0 Å². The Balaban J connectivity index is 1.48. The second-order valence-electron chi connectivity index (χ2n) is 5.68. The largest absolute Gasteiger partial charge is 0.508 e. The lowest BCUT2D eigenvalue weighted by Crippen LogP contribution is -2.34. The first-order valence-corrected chi connectivity index (χ1v) is 8.20. The van der Waals surface area contributed by atoms with Crippen LogP contribution in [0.1, 0.15) is 20.8 Å². The molecule has 0 radical (unpaired) electrons. The predicted molar refractivity (Wildman–Crippen MR) is 96.3 cm³/mol. The summed E-state index contributed by atoms with van der Waals surface area (Å²) < 4.78 is 14.7. The molecule has 0 unspecified atom stereocenters. The molecule has 0 spiro atoms. The molecule has 3 rings (SSSR count). The van der Waals surface area contributed by atoms with Crippen LogP contribution in [-0.4, -0.2) is 39.8 Å². The Kier molecular flexibility index (Phi) is 5.46. The van der Waals surface area contributed by atoms with Gasteiger partial charge in [-0.25, -0.2) is 9.07 Å². The molecule has 0 aliphatic heterocycles. The number of rotatable bonds is 6. The zero-order chi connectivity index (χ0) is 19.2. The van der Waals surface area contributed by atoms with Gasteiger partial charge in [-0.1, -0.05) is 6.07 Å². The van der Waals surface area contributed by atoms with Crippen molar-refractivity contribution in [1.82, 2.24) is 20.4 Å². The van der Waals surface area contributed by atoms with E-state index in [9.17, 15) is 19.1 Å². The maximum atomic E-state index is 13.3. The molecular weight excluding hydrogens is 351 g/mol. The highest BCUT2D eigenvalue weighted by Crippen LogP contribution is 2.10. The third-order valence-electron chi connectivity index (χ3n) is 3.72. The molecule has 2 amide bonds. The molecule has 3 aromatic rings. The molecule has 0 atom stereocenters. The highest BCUT2D eigenvalue weighted by Gasteiger charge is 2.10. The molecular formula is C19H17FN4O3. The van der Waals surface area contributed by atoms with Crippen LogP contribution in [0.2, 0.25) is 0 Å². The molecule has 0 fully saturated rings. The van der Waals surface area contributed by atoms with Crippen LogP contribution < -0.4 is 10.6 Å². The van der Waals surface area contributed by atoms with Gasteiger partial charge in [0.2, 0.25) is 0 Å². The lowest BCUT2D eigenvalue weighted by atomic mass is 10.2. The van der Waals surface area contributed by atoms with E-state index >= 15 is 0 Å². The maximum absolute atomic E-state index is 13.3. The molecule has 0 aliphatic rings. The zero-order valence-corrected chi connectivity index (χ0v) is 14.2. The number of carbonyl (C=O) groups is 2. The summed E-state index contributed by atoms with van der Waals surface area (Å²) in [5.74, 6) is -1.02. The van der Waals surface area contributed by atoms with Gasteiger partial charge < -0.3 is 15.7 Å². The van der Waals surface area contributed by atoms with Crippen LogP contribution in [0.25, 0.3) is 5.69 Å². The number of aromatic hydroxyl groups is 1. The van der Waals surface area contributed by atoms with E-state index in [2.05, 4.69) is 15.7 Å². The van der Waals surface area contributed by atoms with Gasteiger partial charge in [0.05, 0.1) is 5.69 Å². The fourth-order valence-corrected chi connectivity index (χ4v) is 2.36. The van der Waals surface area contributed by atoms with E-state index in [1.54, 1.807) is 18.3 Å². The van der Waals surface area contributed by atoms with Gasteiger partial charge in [-0.3, -0.25) is 9.59 Å². The minimum Gasteiger partial charge on any atom is -0.508 e. The summed E-state index contributed by atoms with van der Waals surface area (Å²) in [5.41, 5.74) is 1.10. The lowest BCUT2D eigenvalue weighted by molar-refractivity contribution is 0.0925. The number of nitrogens with one attached hydrogen (secondary N) is 2. The molecule has 1 aromatic heterocycles. The zero-order valence-electron chi connectivity index (χ0n) is 14.2. The highest BCUT2D eigenvalue weighted by atomic mass is 19.1. The van der Waals surface area contributed by atoms with Crippen molar-refractivity contribution in [1.29, 1.82) is 0 Å². The first kappa shape index (κ1) is 18.1. The normalized spacial score (nSPS) is 10.4. The molecule has 0 saturated heterocycles. The Morgan fingerprint density at radius 1 is 1.00 bits per heavy atom. The Bertz CT molecular complexity index is 954. The molecule has 7 nitrogen and oxygen atoms in total. The number of aromatic nitrogens is 2. The van der Waals surface area contributed by atoms with Crippen LogP contribution in [0.15, 0.2) is 60.8 Å². The van der Waals surface area contributed by atoms with E-state index in [0.717, 1.165) is 0 Å². The summed E-state index contributed by atoms with van der Waals surface area (Å²) in [7, 11) is 0. The smallest absolute Gasteiger partial charge is 0.271 e. The summed E-state index contributed by atoms with van der Waals surface area (Å²) >= 11 is 0. The quantitative estimate of drug-likeness (QED) is 0.579. The highest BCUT2D eigenvalue weighted by molar-refractivity contribution is 5.94. The first-order chi connectivity index (χ1) is 13.0. The number of nitrogens with zero attached hydrogens (tertiary/aromatic N) is 2. The number of hydrogen-bond acceptors (Lipinski definition) is 4. The van der Waals surface area contributed by atoms with Crippen molar-refractivity contribution in [3.05, 3.63) is 77.9 Å². The average molecular weight is 368 g/mol. The van der Waals surface area contributed by atoms with Gasteiger partial charge in [-0.2, -0.15) is 5.10 Å². The Morgan fingerprint density at radius 3 is 2.41 bits per heavy atom. The van der Waals surface area contributed by atoms with Gasteiger partial charge in [0, 0.05) is 24.8 Å². The van der Waals surface area contributed by atoms with Gasteiger partial charge in [0.25, 0.3) is 11.8 Å². The van der Waals surface area contributed by atoms with Gasteiger partial charge in [-0.05, 0) is 48.5 Å². The van der Waals surface area contributed by atoms with Crippen LogP contribution >= 0.6 is 0 Å². The summed E-state index contributed by atoms with van der Waals surface area (Å²) in [5, 5.41) is 18.6. The minimum atomic E-state index is -0.399. The molecule has 27 heavy (non-hydrogen) atoms. The standard InChI is InChI=1S/C19H17FN4O3/c20-14-2-1-3-15(12-14)24-11-8-17(23-24)19(27)22-10-9-21-18(26)13-4-6-16(25)7-5-13/h1-8,11-12,25H,9-10H2,(H,21,26)(H,22,27). The Morgan fingerprint density at radius 2 is 1.70 bits per heavy atom. The second-order valence-corrected chi connectivity index (χ2v) is 5.68. The monoisotopic (exact) mass is 368 g/mol. The second kappa shape index (κ2) is 8.13. The topological polar surface area (TPSA) is 96.3 Å². The van der Waals surface area contributed by atoms with Crippen LogP contribution in [0.4, 0.5) is 4.39 Å². The molecule has 2 aromatic carbocycles. The lowest BCUT2D eigenvalue weighted by Gasteiger charge is -2.06. The van der Waals surface area contributed by atoms with Crippen LogP contribution in [0.5, 0.6) is 5.75 Å². The van der Waals surface area contributed by atoms with Gasteiger partial charge in [0.1, 0.15) is 11.6 Å². The van der Waals surface area contributed by atoms with E-state index < -0.39 is 11.7 Å². The van der Waals surface area contributed by atoms with Crippen LogP contribution in [-0.2, 0) is 0 Å². The van der Waals surface area contributed by atoms with E-state index in [4.69, 9.17) is 0 Å². The van der Waals surface area contributed by atoms with E-state index in [0.29, 0.717) is 11.3 Å². The van der Waals surface area contributed by atoms with Crippen LogP contribution in [0, 0.1) is 5.82 Å². The first-order valence-electron chi connectivity index (χ1n) is 8.20. The van der Waals surface area contributed by atoms with Gasteiger partial charge in [0.15, 0.2) is 5.69 Å². The fourth-order valence-electron chi connectivity index (χ4n) is 2.36. The number of halogens is 1. The van der Waals surface area contributed by atoms with Crippen molar-refractivity contribution < 1.29 is 19.1 Å². The summed E-state index contributed by atoms with van der Waals surface area (Å²) in [6.07, 6.45) is 1.57. The molecule has 0 saturated carbocycles. The van der Waals surface area contributed by atoms with Gasteiger partial charge in [-0.15, -0.1) is 0 Å². The number of benzene rings is 2. The van der Waals surface area contributed by atoms with Crippen molar-refractivity contribution in [2.24, 2.45) is 0 Å². The number of amides is 2. The van der Waals surface area contributed by atoms with E-state index in [1.165, 1.54) is 47.1 Å². The summed E-state index contributed by atoms with van der Waals surface area (Å²) in [6, 6.07) is 13.2. The SMILES string of the molecule is O=C(NCCNC(=O)c1ccn(-c2cccc(F)c2)n1)c1ccc(O)cc1. The van der Waals surface area contributed by atoms with Crippen molar-refractivity contribution >= 4 is 11.8 Å². The maximum Gasteiger partial charge on any atom is 0.271 e. The molecule has 138 valence electrons. The summed E-state index contributed by atoms with van der Waals surface area (Å²) in [4.78, 5) is 24.0. The minimum absolute atomic E-state index is 0.0801. The summed E-state index contributed by atoms with van der Waals surface area (Å²) in [6.45, 7) is 0.450.